The highest BCUT2D eigenvalue weighted by atomic mass is 15.1. The Balaban J connectivity index is 4.10. The molecule has 0 N–H and O–H groups in total. The van der Waals surface area contributed by atoms with E-state index in [0.717, 1.165) is 6.42 Å². The topological polar surface area (TPSA) is 3.24 Å². The summed E-state index contributed by atoms with van der Waals surface area (Å²) in [6, 6.07) is 0. The summed E-state index contributed by atoms with van der Waals surface area (Å²) in [4.78, 5) is 2.15. The summed E-state index contributed by atoms with van der Waals surface area (Å²) < 4.78 is 0. The van der Waals surface area contributed by atoms with Crippen LogP contribution in [-0.4, -0.2) is 19.0 Å². The molecule has 0 aliphatic rings. The molecule has 0 atom stereocenters. The van der Waals surface area contributed by atoms with Crippen molar-refractivity contribution in [1.82, 2.24) is 4.90 Å². The summed E-state index contributed by atoms with van der Waals surface area (Å²) in [5, 5.41) is 0. The number of rotatable bonds is 2. The highest BCUT2D eigenvalue weighted by Crippen LogP contribution is 2.07. The SMILES string of the molecule is CCC(C)=C(C)N(C)C. The summed E-state index contributed by atoms with van der Waals surface area (Å²) in [7, 11) is 4.16. The van der Waals surface area contributed by atoms with E-state index >= 15 is 0 Å². The molecule has 0 saturated heterocycles. The van der Waals surface area contributed by atoms with Crippen LogP contribution >= 0.6 is 0 Å². The molecule has 0 amide bonds. The first-order chi connectivity index (χ1) is 4.09. The summed E-state index contributed by atoms with van der Waals surface area (Å²) in [5.74, 6) is 0. The van der Waals surface area contributed by atoms with Crippen molar-refractivity contribution >= 4 is 0 Å². The molecule has 0 aromatic carbocycles. The standard InChI is InChI=1S/C8H17N/c1-6-7(2)8(3)9(4)5/h6H2,1-5H3. The second-order valence-corrected chi connectivity index (χ2v) is 2.61. The third kappa shape index (κ3) is 2.54. The van der Waals surface area contributed by atoms with E-state index in [1.165, 1.54) is 11.3 Å². The van der Waals surface area contributed by atoms with Gasteiger partial charge in [-0.2, -0.15) is 0 Å². The number of hydrogen-bond donors (Lipinski definition) is 0. The largest absolute Gasteiger partial charge is 0.381 e. The van der Waals surface area contributed by atoms with Crippen LogP contribution in [0.2, 0.25) is 0 Å². The van der Waals surface area contributed by atoms with Gasteiger partial charge in [-0.3, -0.25) is 0 Å². The van der Waals surface area contributed by atoms with Gasteiger partial charge in [-0.25, -0.2) is 0 Å². The Morgan fingerprint density at radius 2 is 1.67 bits per heavy atom. The maximum Gasteiger partial charge on any atom is 0.00848 e. The molecule has 0 spiro atoms. The van der Waals surface area contributed by atoms with Crippen LogP contribution in [0, 0.1) is 0 Å². The Labute approximate surface area is 58.4 Å². The first kappa shape index (κ1) is 8.54. The lowest BCUT2D eigenvalue weighted by molar-refractivity contribution is 0.504. The van der Waals surface area contributed by atoms with Gasteiger partial charge in [0.05, 0.1) is 0 Å². The summed E-state index contributed by atoms with van der Waals surface area (Å²) in [6.07, 6.45) is 1.16. The molecule has 0 rings (SSSR count). The minimum atomic E-state index is 1.16. The van der Waals surface area contributed by atoms with Crippen LogP contribution < -0.4 is 0 Å². The summed E-state index contributed by atoms with van der Waals surface area (Å²) in [6.45, 7) is 6.51. The predicted molar refractivity (Wildman–Crippen MR) is 42.4 cm³/mol. The van der Waals surface area contributed by atoms with E-state index in [2.05, 4.69) is 39.8 Å². The van der Waals surface area contributed by atoms with E-state index in [-0.39, 0.29) is 0 Å². The fraction of sp³-hybridized carbons (Fsp3) is 0.750. The third-order valence-electron chi connectivity index (χ3n) is 1.82. The van der Waals surface area contributed by atoms with E-state index in [4.69, 9.17) is 0 Å². The first-order valence-electron chi connectivity index (χ1n) is 3.43. The first-order valence-corrected chi connectivity index (χ1v) is 3.43. The van der Waals surface area contributed by atoms with Gasteiger partial charge >= 0.3 is 0 Å². The zero-order valence-corrected chi connectivity index (χ0v) is 7.15. The second-order valence-electron chi connectivity index (χ2n) is 2.61. The quantitative estimate of drug-likeness (QED) is 0.550. The monoisotopic (exact) mass is 127 g/mol. The fourth-order valence-corrected chi connectivity index (χ4v) is 0.638. The Morgan fingerprint density at radius 1 is 1.22 bits per heavy atom. The molecule has 0 unspecified atom stereocenters. The van der Waals surface area contributed by atoms with Crippen molar-refractivity contribution in [3.63, 3.8) is 0 Å². The van der Waals surface area contributed by atoms with Gasteiger partial charge in [0.25, 0.3) is 0 Å². The third-order valence-corrected chi connectivity index (χ3v) is 1.82. The lowest BCUT2D eigenvalue weighted by atomic mass is 10.2. The second kappa shape index (κ2) is 3.54. The Hall–Kier alpha value is -0.460. The van der Waals surface area contributed by atoms with E-state index in [9.17, 15) is 0 Å². The number of nitrogens with zero attached hydrogens (tertiary/aromatic N) is 1. The molecule has 0 saturated carbocycles. The van der Waals surface area contributed by atoms with Gasteiger partial charge in [0.2, 0.25) is 0 Å². The van der Waals surface area contributed by atoms with Crippen LogP contribution in [0.4, 0.5) is 0 Å². The van der Waals surface area contributed by atoms with Crippen molar-refractivity contribution in [2.24, 2.45) is 0 Å². The molecule has 9 heavy (non-hydrogen) atoms. The van der Waals surface area contributed by atoms with Gasteiger partial charge in [0.15, 0.2) is 0 Å². The molecule has 0 fully saturated rings. The normalized spacial score (nSPS) is 13.0. The van der Waals surface area contributed by atoms with Gasteiger partial charge in [-0.1, -0.05) is 12.5 Å². The van der Waals surface area contributed by atoms with Crippen LogP contribution in [0.1, 0.15) is 27.2 Å². The Kier molecular flexibility index (Phi) is 3.36. The van der Waals surface area contributed by atoms with Crippen molar-refractivity contribution in [2.45, 2.75) is 27.2 Å². The molecule has 1 nitrogen and oxygen atoms in total. The van der Waals surface area contributed by atoms with Crippen LogP contribution in [-0.2, 0) is 0 Å². The highest BCUT2D eigenvalue weighted by molar-refractivity contribution is 5.06. The average molecular weight is 127 g/mol. The zero-order chi connectivity index (χ0) is 7.44. The van der Waals surface area contributed by atoms with Gasteiger partial charge in [-0.15, -0.1) is 0 Å². The van der Waals surface area contributed by atoms with Crippen molar-refractivity contribution in [3.05, 3.63) is 11.3 Å². The lowest BCUT2D eigenvalue weighted by Crippen LogP contribution is -2.09. The maximum atomic E-state index is 2.18. The van der Waals surface area contributed by atoms with Crippen LogP contribution in [0.3, 0.4) is 0 Å². The van der Waals surface area contributed by atoms with Gasteiger partial charge in [-0.05, 0) is 20.3 Å². The van der Waals surface area contributed by atoms with Crippen molar-refractivity contribution in [2.75, 3.05) is 14.1 Å². The Morgan fingerprint density at radius 3 is 1.78 bits per heavy atom. The molecule has 0 aliphatic carbocycles. The molecular formula is C8H17N. The molecule has 1 heteroatoms. The Bertz CT molecular complexity index is 112. The minimum absolute atomic E-state index is 1.16. The van der Waals surface area contributed by atoms with Crippen LogP contribution in [0.25, 0.3) is 0 Å². The minimum Gasteiger partial charge on any atom is -0.381 e. The number of hydrogen-bond acceptors (Lipinski definition) is 1. The predicted octanol–water partition coefficient (Wildman–Crippen LogP) is 2.25. The highest BCUT2D eigenvalue weighted by Gasteiger charge is 1.94. The van der Waals surface area contributed by atoms with Gasteiger partial charge in [0.1, 0.15) is 0 Å². The number of allylic oxidation sites excluding steroid dienone is 2. The molecule has 0 radical (unpaired) electrons. The van der Waals surface area contributed by atoms with E-state index in [1.807, 2.05) is 0 Å². The molecule has 54 valence electrons. The van der Waals surface area contributed by atoms with Crippen molar-refractivity contribution < 1.29 is 0 Å². The van der Waals surface area contributed by atoms with E-state index in [0.29, 0.717) is 0 Å². The van der Waals surface area contributed by atoms with Crippen molar-refractivity contribution in [3.8, 4) is 0 Å². The summed E-state index contributed by atoms with van der Waals surface area (Å²) >= 11 is 0. The molecule has 0 heterocycles. The fourth-order valence-electron chi connectivity index (χ4n) is 0.638. The maximum absolute atomic E-state index is 2.18. The van der Waals surface area contributed by atoms with Crippen molar-refractivity contribution in [1.29, 1.82) is 0 Å². The zero-order valence-electron chi connectivity index (χ0n) is 7.15. The van der Waals surface area contributed by atoms with Gasteiger partial charge < -0.3 is 4.90 Å². The molecular weight excluding hydrogens is 110 g/mol. The van der Waals surface area contributed by atoms with E-state index in [1.54, 1.807) is 0 Å². The molecule has 0 bridgehead atoms. The van der Waals surface area contributed by atoms with Crippen LogP contribution in [0.5, 0.6) is 0 Å². The molecule has 0 aromatic rings. The molecule has 0 aromatic heterocycles. The smallest absolute Gasteiger partial charge is 0.00848 e. The van der Waals surface area contributed by atoms with Crippen LogP contribution in [0.15, 0.2) is 11.3 Å². The lowest BCUT2D eigenvalue weighted by Gasteiger charge is -2.15. The summed E-state index contributed by atoms with van der Waals surface area (Å²) in [5.41, 5.74) is 2.86. The van der Waals surface area contributed by atoms with E-state index < -0.39 is 0 Å². The average Bonchev–Trinajstić information content (AvgIpc) is 1.84. The van der Waals surface area contributed by atoms with Gasteiger partial charge in [0, 0.05) is 19.8 Å². The molecule has 0 aliphatic heterocycles.